The minimum Gasteiger partial charge on any atom is -0.496 e. The largest absolute Gasteiger partial charge is 0.496 e. The number of hydrogen-bond donors (Lipinski definition) is 0. The van der Waals surface area contributed by atoms with Crippen LogP contribution >= 0.6 is 64.8 Å². The fraction of sp³-hybridized carbons (Fsp3) is 0.250. The molecule has 0 atom stereocenters. The standard InChI is InChI=1S/C48H42O6S6/c1-49-37-13-25-7-32-20-45-40(52-4)15-27(32)9-34-22-46-39(51-3)14-26(34)8-31(25)19-43(37)55-56-44-21-33-10-29-17-41(53-5)47(58-57-45)24-36(29)12-30-18-42(54-6)48(60-59-46)23-35(30)11-28(33)16-38(44)50-2/h13-24H,7-12H2,1-6H3. The van der Waals surface area contributed by atoms with Crippen LogP contribution in [0, 0.1) is 0 Å². The highest BCUT2D eigenvalue weighted by Gasteiger charge is 2.26. The predicted molar refractivity (Wildman–Crippen MR) is 250 cm³/mol. The van der Waals surface area contributed by atoms with Crippen molar-refractivity contribution in [3.63, 3.8) is 0 Å². The highest BCUT2D eigenvalue weighted by atomic mass is 33.1. The Balaban J connectivity index is 1.31. The molecule has 12 heteroatoms. The van der Waals surface area contributed by atoms with Gasteiger partial charge >= 0.3 is 0 Å². The molecule has 60 heavy (non-hydrogen) atoms. The highest BCUT2D eigenvalue weighted by Crippen LogP contribution is 2.53. The molecule has 0 spiro atoms. The van der Waals surface area contributed by atoms with Crippen molar-refractivity contribution in [2.45, 2.75) is 67.9 Å². The van der Waals surface area contributed by atoms with Crippen LogP contribution in [0.5, 0.6) is 34.5 Å². The molecular formula is C48H42O6S6. The predicted octanol–water partition coefficient (Wildman–Crippen LogP) is 12.9. The fourth-order valence-electron chi connectivity index (χ4n) is 8.69. The van der Waals surface area contributed by atoms with E-state index in [-0.39, 0.29) is 0 Å². The number of methoxy groups -OCH3 is 6. The van der Waals surface area contributed by atoms with Crippen molar-refractivity contribution in [1.29, 1.82) is 0 Å². The summed E-state index contributed by atoms with van der Waals surface area (Å²) in [6, 6.07) is 27.6. The van der Waals surface area contributed by atoms with Crippen molar-refractivity contribution < 1.29 is 28.4 Å². The van der Waals surface area contributed by atoms with Gasteiger partial charge in [0, 0.05) is 0 Å². The molecule has 0 aromatic heterocycles. The Morgan fingerprint density at radius 3 is 0.500 bits per heavy atom. The van der Waals surface area contributed by atoms with E-state index < -0.39 is 0 Å². The highest BCUT2D eigenvalue weighted by molar-refractivity contribution is 8.77. The van der Waals surface area contributed by atoms with E-state index in [1.807, 2.05) is 0 Å². The lowest BCUT2D eigenvalue weighted by atomic mass is 9.94. The van der Waals surface area contributed by atoms with Crippen LogP contribution in [0.25, 0.3) is 0 Å². The Morgan fingerprint density at radius 2 is 0.367 bits per heavy atom. The summed E-state index contributed by atoms with van der Waals surface area (Å²) in [5.74, 6) is 5.19. The average Bonchev–Trinajstić information content (AvgIpc) is 3.36. The Labute approximate surface area is 375 Å². The monoisotopic (exact) mass is 906 g/mol. The lowest BCUT2D eigenvalue weighted by Crippen LogP contribution is -2.02. The van der Waals surface area contributed by atoms with Crippen LogP contribution in [0.4, 0.5) is 0 Å². The number of rotatable bonds is 6. The molecule has 12 heterocycles. The van der Waals surface area contributed by atoms with Crippen molar-refractivity contribution in [2.24, 2.45) is 0 Å². The summed E-state index contributed by atoms with van der Waals surface area (Å²) in [6.07, 6.45) is 4.51. The summed E-state index contributed by atoms with van der Waals surface area (Å²) in [4.78, 5) is 6.46. The van der Waals surface area contributed by atoms with Crippen LogP contribution in [0.3, 0.4) is 0 Å². The van der Waals surface area contributed by atoms with Gasteiger partial charge in [-0.15, -0.1) is 0 Å². The van der Waals surface area contributed by atoms with Gasteiger partial charge in [0.1, 0.15) is 34.5 Å². The van der Waals surface area contributed by atoms with Crippen LogP contribution in [-0.4, -0.2) is 42.7 Å². The molecule has 0 unspecified atom stereocenters. The maximum atomic E-state index is 6.19. The zero-order valence-corrected chi connectivity index (χ0v) is 39.0. The molecule has 12 aliphatic heterocycles. The first-order valence-electron chi connectivity index (χ1n) is 19.6. The van der Waals surface area contributed by atoms with Crippen molar-refractivity contribution in [1.82, 2.24) is 0 Å². The molecule has 306 valence electrons. The van der Waals surface area contributed by atoms with Gasteiger partial charge in [-0.2, -0.15) is 0 Å². The molecule has 0 radical (unpaired) electrons. The second-order valence-electron chi connectivity index (χ2n) is 15.2. The van der Waals surface area contributed by atoms with E-state index in [1.54, 1.807) is 107 Å². The first-order chi connectivity index (χ1) is 29.3. The third-order valence-electron chi connectivity index (χ3n) is 11.9. The summed E-state index contributed by atoms with van der Waals surface area (Å²) in [5, 5.41) is 0. The molecular weight excluding hydrogens is 865 g/mol. The molecule has 2 aliphatic carbocycles. The van der Waals surface area contributed by atoms with Crippen molar-refractivity contribution in [3.05, 3.63) is 140 Å². The second kappa shape index (κ2) is 16.8. The first-order valence-corrected chi connectivity index (χ1v) is 26.0. The van der Waals surface area contributed by atoms with Gasteiger partial charge in [0.05, 0.1) is 72.0 Å². The number of benzene rings is 6. The van der Waals surface area contributed by atoms with Crippen molar-refractivity contribution in [2.75, 3.05) is 42.7 Å². The maximum Gasteiger partial charge on any atom is 0.133 e. The Hall–Kier alpha value is -3.78. The summed E-state index contributed by atoms with van der Waals surface area (Å²) in [6.45, 7) is 0. The maximum absolute atomic E-state index is 6.19. The van der Waals surface area contributed by atoms with Crippen molar-refractivity contribution in [3.8, 4) is 34.5 Å². The zero-order chi connectivity index (χ0) is 41.1. The lowest BCUT2D eigenvalue weighted by Gasteiger charge is -2.19. The molecule has 0 N–H and O–H groups in total. The summed E-state index contributed by atoms with van der Waals surface area (Å²) in [5.41, 5.74) is 15.0. The van der Waals surface area contributed by atoms with E-state index in [9.17, 15) is 0 Å². The summed E-state index contributed by atoms with van der Waals surface area (Å²) < 4.78 is 37.1. The quantitative estimate of drug-likeness (QED) is 0.149. The molecule has 6 nitrogen and oxygen atoms in total. The smallest absolute Gasteiger partial charge is 0.133 e. The molecule has 20 rings (SSSR count). The molecule has 0 amide bonds. The SMILES string of the molecule is COc1cc2c3cc1SSc1cc4c(cc1OC)Cc1cc5c(OC)cc1Cc1cc(c(OC)cc1C4)SSc1cc(c(cc1OC)Cc1cc(c(OC)cc1C3)SS5)C2. The summed E-state index contributed by atoms with van der Waals surface area (Å²) in [7, 11) is 21.0. The van der Waals surface area contributed by atoms with E-state index in [1.165, 1.54) is 66.8 Å². The van der Waals surface area contributed by atoms with E-state index in [4.69, 9.17) is 28.4 Å². The van der Waals surface area contributed by atoms with E-state index in [0.717, 1.165) is 102 Å². The topological polar surface area (TPSA) is 55.4 Å². The van der Waals surface area contributed by atoms with E-state index in [0.29, 0.717) is 0 Å². The second-order valence-corrected chi connectivity index (χ2v) is 21.8. The van der Waals surface area contributed by atoms with Crippen LogP contribution in [0.2, 0.25) is 0 Å². The van der Waals surface area contributed by atoms with Crippen molar-refractivity contribution >= 4 is 64.8 Å². The van der Waals surface area contributed by atoms with Crippen LogP contribution in [0.15, 0.2) is 102 Å². The van der Waals surface area contributed by atoms with Crippen LogP contribution < -0.4 is 28.4 Å². The van der Waals surface area contributed by atoms with Gasteiger partial charge in [-0.05, 0) is 243 Å². The van der Waals surface area contributed by atoms with Gasteiger partial charge in [0.15, 0.2) is 0 Å². The van der Waals surface area contributed by atoms with E-state index in [2.05, 4.69) is 72.8 Å². The minimum absolute atomic E-state index is 0.752. The number of hydrogen-bond acceptors (Lipinski definition) is 12. The van der Waals surface area contributed by atoms with Gasteiger partial charge in [0.2, 0.25) is 0 Å². The molecule has 0 saturated heterocycles. The average molecular weight is 907 g/mol. The molecule has 0 saturated carbocycles. The molecule has 14 aliphatic rings. The first kappa shape index (κ1) is 40.3. The van der Waals surface area contributed by atoms with Gasteiger partial charge < -0.3 is 28.4 Å². The minimum atomic E-state index is 0.752. The van der Waals surface area contributed by atoms with Crippen LogP contribution in [-0.2, 0) is 38.5 Å². The fourth-order valence-corrected chi connectivity index (χ4v) is 15.7. The van der Waals surface area contributed by atoms with E-state index >= 15 is 0 Å². The molecule has 6 aromatic carbocycles. The Morgan fingerprint density at radius 1 is 0.233 bits per heavy atom. The van der Waals surface area contributed by atoms with Crippen LogP contribution in [0.1, 0.15) is 66.8 Å². The summed E-state index contributed by atoms with van der Waals surface area (Å²) >= 11 is 0. The molecule has 6 aromatic rings. The number of ether oxygens (including phenoxy) is 6. The zero-order valence-electron chi connectivity index (χ0n) is 34.1. The normalized spacial score (nSPS) is 14.7. The van der Waals surface area contributed by atoms with Gasteiger partial charge in [0.25, 0.3) is 0 Å². The van der Waals surface area contributed by atoms with Gasteiger partial charge in [-0.1, -0.05) is 0 Å². The third kappa shape index (κ3) is 7.49. The van der Waals surface area contributed by atoms with Gasteiger partial charge in [-0.3, -0.25) is 0 Å². The molecule has 18 bridgehead atoms. The Bertz CT molecular complexity index is 2240. The van der Waals surface area contributed by atoms with Gasteiger partial charge in [-0.25, -0.2) is 0 Å². The lowest BCUT2D eigenvalue weighted by molar-refractivity contribution is 0.403. The Kier molecular flexibility index (Phi) is 11.3. The molecule has 0 fully saturated rings. The third-order valence-corrected chi connectivity index (χ3v) is 19.1.